The van der Waals surface area contributed by atoms with Crippen LogP contribution in [-0.4, -0.2) is 46.5 Å². The highest BCUT2D eigenvalue weighted by molar-refractivity contribution is 5.90. The Morgan fingerprint density at radius 2 is 1.61 bits per heavy atom. The van der Waals surface area contributed by atoms with Gasteiger partial charge in [0.15, 0.2) is 18.5 Å². The summed E-state index contributed by atoms with van der Waals surface area (Å²) in [7, 11) is 0. The Balaban J connectivity index is 1.56. The number of hydrogen-bond acceptors (Lipinski definition) is 8. The Hall–Kier alpha value is -4.05. The molecule has 0 aliphatic carbocycles. The van der Waals surface area contributed by atoms with Gasteiger partial charge in [-0.05, 0) is 30.3 Å². The molecule has 1 aliphatic heterocycles. The maximum atomic E-state index is 15.4. The number of nitrogens with zero attached hydrogens (tertiary/aromatic N) is 2. The third-order valence-corrected chi connectivity index (χ3v) is 5.03. The molecule has 0 spiro atoms. The maximum absolute atomic E-state index is 15.4. The molecule has 170 valence electrons. The number of nitrogen functional groups attached to an aromatic ring is 1. The molecule has 4 atom stereocenters. The molecule has 4 rings (SSSR count). The Morgan fingerprint density at radius 3 is 2.21 bits per heavy atom. The smallest absolute Gasteiger partial charge is 0.351 e. The fraction of sp³-hybridized carbons (Fsp3) is 0.217. The lowest BCUT2D eigenvalue weighted by atomic mass is 10.1. The van der Waals surface area contributed by atoms with Crippen molar-refractivity contribution in [3.8, 4) is 0 Å². The van der Waals surface area contributed by atoms with Gasteiger partial charge in [-0.3, -0.25) is 4.57 Å². The van der Waals surface area contributed by atoms with Gasteiger partial charge >= 0.3 is 17.6 Å². The summed E-state index contributed by atoms with van der Waals surface area (Å²) >= 11 is 0. The monoisotopic (exact) mass is 453 g/mol. The predicted octanol–water partition coefficient (Wildman–Crippen LogP) is 2.14. The highest BCUT2D eigenvalue weighted by Gasteiger charge is 2.49. The molecule has 0 bridgehead atoms. The van der Waals surface area contributed by atoms with Gasteiger partial charge in [-0.15, -0.1) is 0 Å². The fourth-order valence-electron chi connectivity index (χ4n) is 3.39. The van der Waals surface area contributed by atoms with Crippen molar-refractivity contribution in [2.75, 3.05) is 12.3 Å². The molecule has 1 saturated heterocycles. The van der Waals surface area contributed by atoms with Gasteiger partial charge in [0.1, 0.15) is 18.5 Å². The minimum Gasteiger partial charge on any atom is -0.459 e. The Kier molecular flexibility index (Phi) is 6.45. The van der Waals surface area contributed by atoms with Crippen molar-refractivity contribution in [3.63, 3.8) is 0 Å². The van der Waals surface area contributed by atoms with E-state index in [0.717, 1.165) is 4.57 Å². The zero-order valence-electron chi connectivity index (χ0n) is 17.2. The van der Waals surface area contributed by atoms with Gasteiger partial charge in [-0.1, -0.05) is 36.4 Å². The highest BCUT2D eigenvalue weighted by Crippen LogP contribution is 2.34. The van der Waals surface area contributed by atoms with Gasteiger partial charge in [0, 0.05) is 6.20 Å². The number of nitrogens with two attached hydrogens (primary N) is 1. The van der Waals surface area contributed by atoms with Crippen LogP contribution < -0.4 is 11.4 Å². The molecule has 10 heteroatoms. The molecule has 0 saturated carbocycles. The molecule has 4 unspecified atom stereocenters. The summed E-state index contributed by atoms with van der Waals surface area (Å²) in [4.78, 5) is 40.7. The number of halogens is 1. The lowest BCUT2D eigenvalue weighted by molar-refractivity contribution is -0.0591. The van der Waals surface area contributed by atoms with Gasteiger partial charge in [0.05, 0.1) is 11.1 Å². The summed E-state index contributed by atoms with van der Waals surface area (Å²) in [5.41, 5.74) is 5.16. The van der Waals surface area contributed by atoms with Crippen LogP contribution in [0.4, 0.5) is 10.2 Å². The van der Waals surface area contributed by atoms with Crippen molar-refractivity contribution in [2.24, 2.45) is 0 Å². The number of alkyl halides is 1. The van der Waals surface area contributed by atoms with Gasteiger partial charge in [-0.2, -0.15) is 4.98 Å². The number of carbonyl (C=O) groups excluding carboxylic acids is 2. The van der Waals surface area contributed by atoms with Crippen LogP contribution in [0.1, 0.15) is 26.9 Å². The first-order chi connectivity index (χ1) is 15.9. The molecule has 2 N–H and O–H groups in total. The lowest BCUT2D eigenvalue weighted by Crippen LogP contribution is -2.37. The average Bonchev–Trinajstić information content (AvgIpc) is 3.13. The van der Waals surface area contributed by atoms with E-state index in [-0.39, 0.29) is 11.4 Å². The number of carbonyl (C=O) groups is 2. The Bertz CT molecular complexity index is 1190. The van der Waals surface area contributed by atoms with E-state index in [9.17, 15) is 14.4 Å². The van der Waals surface area contributed by atoms with E-state index >= 15 is 4.39 Å². The number of aromatic nitrogens is 2. The maximum Gasteiger partial charge on any atom is 0.351 e. The average molecular weight is 453 g/mol. The molecule has 2 heterocycles. The van der Waals surface area contributed by atoms with Crippen molar-refractivity contribution in [3.05, 3.63) is 94.5 Å². The van der Waals surface area contributed by atoms with E-state index in [1.165, 1.54) is 24.4 Å². The van der Waals surface area contributed by atoms with E-state index < -0.39 is 48.8 Å². The van der Waals surface area contributed by atoms with Crippen LogP contribution in [0.2, 0.25) is 0 Å². The van der Waals surface area contributed by atoms with Crippen LogP contribution in [0, 0.1) is 0 Å². The molecule has 0 radical (unpaired) electrons. The summed E-state index contributed by atoms with van der Waals surface area (Å²) in [6, 6.07) is 17.5. The summed E-state index contributed by atoms with van der Waals surface area (Å²) in [6.45, 7) is -0.408. The molecule has 33 heavy (non-hydrogen) atoms. The number of hydrogen-bond donors (Lipinski definition) is 1. The molecule has 1 aromatic heterocycles. The zero-order chi connectivity index (χ0) is 23.4. The Morgan fingerprint density at radius 1 is 1.00 bits per heavy atom. The first kappa shape index (κ1) is 22.2. The minimum atomic E-state index is -1.94. The second-order valence-corrected chi connectivity index (χ2v) is 7.25. The van der Waals surface area contributed by atoms with E-state index in [1.54, 1.807) is 48.5 Å². The van der Waals surface area contributed by atoms with Crippen LogP contribution >= 0.6 is 0 Å². The van der Waals surface area contributed by atoms with E-state index in [2.05, 4.69) is 4.98 Å². The molecular formula is C23H20FN3O6. The largest absolute Gasteiger partial charge is 0.459 e. The summed E-state index contributed by atoms with van der Waals surface area (Å²) in [5.74, 6) is -1.47. The van der Waals surface area contributed by atoms with Crippen LogP contribution in [0.5, 0.6) is 0 Å². The molecule has 0 amide bonds. The highest BCUT2D eigenvalue weighted by atomic mass is 19.1. The van der Waals surface area contributed by atoms with Crippen LogP contribution in [0.15, 0.2) is 77.7 Å². The van der Waals surface area contributed by atoms with Crippen molar-refractivity contribution in [2.45, 2.75) is 24.6 Å². The van der Waals surface area contributed by atoms with Crippen LogP contribution in [-0.2, 0) is 14.2 Å². The topological polar surface area (TPSA) is 123 Å². The first-order valence-corrected chi connectivity index (χ1v) is 10.1. The quantitative estimate of drug-likeness (QED) is 0.564. The van der Waals surface area contributed by atoms with E-state index in [1.807, 2.05) is 0 Å². The number of anilines is 1. The fourth-order valence-corrected chi connectivity index (χ4v) is 3.39. The summed E-state index contributed by atoms with van der Waals surface area (Å²) in [6.07, 6.45) is -4.79. The van der Waals surface area contributed by atoms with Gasteiger partial charge in [0.2, 0.25) is 0 Å². The third-order valence-electron chi connectivity index (χ3n) is 5.03. The molecule has 9 nitrogen and oxygen atoms in total. The van der Waals surface area contributed by atoms with E-state index in [4.69, 9.17) is 19.9 Å². The number of benzene rings is 2. The molecule has 2 aromatic carbocycles. The second-order valence-electron chi connectivity index (χ2n) is 7.25. The SMILES string of the molecule is Nc1ccn(C2OC(COC(=O)c3ccccc3)C(OC(=O)c3ccccc3)C2F)c(=O)n1. The number of rotatable bonds is 6. The zero-order valence-corrected chi connectivity index (χ0v) is 17.2. The normalized spacial score (nSPS) is 22.0. The van der Waals surface area contributed by atoms with E-state index in [0.29, 0.717) is 5.56 Å². The summed E-state index contributed by atoms with van der Waals surface area (Å²) < 4.78 is 32.7. The standard InChI is InChI=1S/C23H20FN3O6/c24-18-19(33-22(29)15-9-5-2-6-10-15)16(13-31-21(28)14-7-3-1-4-8-14)32-20(18)27-12-11-17(25)26-23(27)30/h1-12,16,18-20H,13H2,(H2,25,26,30). The van der Waals surface area contributed by atoms with Gasteiger partial charge < -0.3 is 19.9 Å². The lowest BCUT2D eigenvalue weighted by Gasteiger charge is -2.19. The predicted molar refractivity (Wildman–Crippen MR) is 114 cm³/mol. The minimum absolute atomic E-state index is 0.0370. The molecule has 3 aromatic rings. The summed E-state index contributed by atoms with van der Waals surface area (Å²) in [5, 5.41) is 0. The molecule has 1 aliphatic rings. The van der Waals surface area contributed by atoms with Crippen molar-refractivity contribution < 1.29 is 28.2 Å². The Labute approximate surface area is 187 Å². The van der Waals surface area contributed by atoms with Crippen molar-refractivity contribution >= 4 is 17.8 Å². The first-order valence-electron chi connectivity index (χ1n) is 10.1. The van der Waals surface area contributed by atoms with Crippen LogP contribution in [0.3, 0.4) is 0 Å². The van der Waals surface area contributed by atoms with Gasteiger partial charge in [0.25, 0.3) is 0 Å². The molecule has 1 fully saturated rings. The number of ether oxygens (including phenoxy) is 3. The second kappa shape index (κ2) is 9.61. The number of esters is 2. The molecular weight excluding hydrogens is 433 g/mol. The van der Waals surface area contributed by atoms with Crippen LogP contribution in [0.25, 0.3) is 0 Å². The van der Waals surface area contributed by atoms with Gasteiger partial charge in [-0.25, -0.2) is 18.8 Å². The van der Waals surface area contributed by atoms with Crippen molar-refractivity contribution in [1.82, 2.24) is 9.55 Å². The van der Waals surface area contributed by atoms with Crippen molar-refractivity contribution in [1.29, 1.82) is 0 Å². The third kappa shape index (κ3) is 4.90.